The molecule has 2 aliphatic rings. The maximum absolute atomic E-state index is 12.7. The predicted octanol–water partition coefficient (Wildman–Crippen LogP) is 3.34. The third-order valence-corrected chi connectivity index (χ3v) is 5.88. The Bertz CT molecular complexity index is 837. The van der Waals surface area contributed by atoms with Gasteiger partial charge in [0.2, 0.25) is 11.8 Å². The van der Waals surface area contributed by atoms with Gasteiger partial charge in [0.25, 0.3) is 0 Å². The fourth-order valence-corrected chi connectivity index (χ4v) is 4.16. The Hall–Kier alpha value is -2.80. The highest BCUT2D eigenvalue weighted by Gasteiger charge is 2.28. The Kier molecular flexibility index (Phi) is 10.5. The first-order valence-corrected chi connectivity index (χ1v) is 11.6. The third kappa shape index (κ3) is 9.30. The van der Waals surface area contributed by atoms with Crippen molar-refractivity contribution in [2.75, 3.05) is 0 Å². The van der Waals surface area contributed by atoms with E-state index in [4.69, 9.17) is 4.74 Å². The highest BCUT2D eigenvalue weighted by molar-refractivity contribution is 5.97. The average Bonchev–Trinajstić information content (AvgIpc) is 2.71. The number of esters is 1. The maximum Gasteiger partial charge on any atom is 0.331 e. The van der Waals surface area contributed by atoms with Crippen molar-refractivity contribution in [3.8, 4) is 0 Å². The topological polar surface area (TPSA) is 110 Å². The number of Topliss-reactive ketones (excluding diaryl/α,β-unsaturated/α-hetero) is 1. The molecule has 4 atom stereocenters. The molecule has 1 saturated heterocycles. The van der Waals surface area contributed by atoms with Crippen LogP contribution < -0.4 is 5.32 Å². The van der Waals surface area contributed by atoms with Gasteiger partial charge in [-0.25, -0.2) is 4.79 Å². The lowest BCUT2D eigenvalue weighted by Gasteiger charge is -2.24. The van der Waals surface area contributed by atoms with Crippen LogP contribution in [-0.2, 0) is 23.9 Å². The van der Waals surface area contributed by atoms with E-state index < -0.39 is 24.1 Å². The number of ether oxygens (including phenoxy) is 1. The second-order valence-electron chi connectivity index (χ2n) is 9.01. The van der Waals surface area contributed by atoms with Crippen LogP contribution in [0.1, 0.15) is 59.3 Å². The number of ketones is 1. The second-order valence-corrected chi connectivity index (χ2v) is 9.01. The molecule has 0 saturated carbocycles. The molecule has 2 heterocycles. The van der Waals surface area contributed by atoms with Crippen molar-refractivity contribution < 1.29 is 29.0 Å². The average molecular weight is 458 g/mol. The summed E-state index contributed by atoms with van der Waals surface area (Å²) in [6, 6.07) is 0. The van der Waals surface area contributed by atoms with Crippen LogP contribution in [0.3, 0.4) is 0 Å². The Balaban J connectivity index is 2.01. The number of imide groups is 1. The molecule has 2 amide bonds. The van der Waals surface area contributed by atoms with Crippen LogP contribution in [0.5, 0.6) is 0 Å². The molecule has 0 spiro atoms. The zero-order valence-electron chi connectivity index (χ0n) is 19.7. The van der Waals surface area contributed by atoms with Gasteiger partial charge in [-0.15, -0.1) is 0 Å². The highest BCUT2D eigenvalue weighted by Crippen LogP contribution is 2.24. The number of piperidine rings is 1. The molecule has 0 bridgehead atoms. The Labute approximate surface area is 195 Å². The number of carbonyl (C=O) groups is 4. The summed E-state index contributed by atoms with van der Waals surface area (Å²) in [5, 5.41) is 12.6. The van der Waals surface area contributed by atoms with E-state index in [2.05, 4.69) is 5.32 Å². The summed E-state index contributed by atoms with van der Waals surface area (Å²) in [5.74, 6) is -2.10. The highest BCUT2D eigenvalue weighted by atomic mass is 16.5. The molecule has 0 aromatic rings. The molecule has 0 aliphatic carbocycles. The first-order chi connectivity index (χ1) is 15.7. The summed E-state index contributed by atoms with van der Waals surface area (Å²) in [6.07, 6.45) is 13.6. The number of hydrogen-bond acceptors (Lipinski definition) is 6. The summed E-state index contributed by atoms with van der Waals surface area (Å²) < 4.78 is 5.68. The fourth-order valence-electron chi connectivity index (χ4n) is 4.16. The number of carbonyl (C=O) groups excluding carboxylic acids is 4. The summed E-state index contributed by atoms with van der Waals surface area (Å²) in [7, 11) is 0. The molecule has 2 N–H and O–H groups in total. The first kappa shape index (κ1) is 26.5. The molecule has 0 radical (unpaired) electrons. The van der Waals surface area contributed by atoms with Crippen LogP contribution in [0.15, 0.2) is 48.1 Å². The number of hydrogen-bond donors (Lipinski definition) is 2. The Morgan fingerprint density at radius 1 is 1.18 bits per heavy atom. The van der Waals surface area contributed by atoms with Crippen molar-refractivity contribution in [2.24, 2.45) is 17.8 Å². The first-order valence-electron chi connectivity index (χ1n) is 11.6. The summed E-state index contributed by atoms with van der Waals surface area (Å²) >= 11 is 0. The normalized spacial score (nSPS) is 25.0. The van der Waals surface area contributed by atoms with Gasteiger partial charge < -0.3 is 9.84 Å². The van der Waals surface area contributed by atoms with Crippen molar-refractivity contribution in [3.05, 3.63) is 48.1 Å². The number of rotatable bonds is 7. The molecule has 0 aromatic carbocycles. The van der Waals surface area contributed by atoms with Gasteiger partial charge >= 0.3 is 5.97 Å². The summed E-state index contributed by atoms with van der Waals surface area (Å²) in [4.78, 5) is 47.9. The standard InChI is InChI=1S/C26H35NO6/c1-17-10-8-6-4-5-7-9-11-25(32)33-26(17)19(3)12-18(2)22(29)16-21(28)13-20-14-23(30)27-24(31)15-20/h4,6,8-12,17-18,20-21,26,28H,5,7,13-16H2,1-3H3,(H,27,30,31)/t17-,18-,21+,26?/m0/s1. The van der Waals surface area contributed by atoms with Gasteiger partial charge in [-0.1, -0.05) is 50.3 Å². The van der Waals surface area contributed by atoms with E-state index >= 15 is 0 Å². The summed E-state index contributed by atoms with van der Waals surface area (Å²) in [6.45, 7) is 5.53. The minimum atomic E-state index is -0.921. The van der Waals surface area contributed by atoms with Crippen LogP contribution in [0.4, 0.5) is 0 Å². The molecule has 2 aliphatic heterocycles. The lowest BCUT2D eigenvalue weighted by molar-refractivity contribution is -0.142. The molecular formula is C26H35NO6. The smallest absolute Gasteiger partial charge is 0.331 e. The van der Waals surface area contributed by atoms with Crippen LogP contribution >= 0.6 is 0 Å². The zero-order chi connectivity index (χ0) is 24.4. The quantitative estimate of drug-likeness (QED) is 0.345. The van der Waals surface area contributed by atoms with E-state index in [-0.39, 0.29) is 55.1 Å². The fraction of sp³-hybridized carbons (Fsp3) is 0.538. The molecule has 180 valence electrons. The van der Waals surface area contributed by atoms with Crippen molar-refractivity contribution in [3.63, 3.8) is 0 Å². The van der Waals surface area contributed by atoms with Gasteiger partial charge in [0.05, 0.1) is 6.10 Å². The SMILES string of the molecule is CC(=C[C@H](C)C(=O)C[C@H](O)CC1CC(=O)NC(=O)C1)C1OC(=O)C=CCCC=CC=C[C@@H]1C. The van der Waals surface area contributed by atoms with E-state index in [0.717, 1.165) is 18.4 Å². The minimum absolute atomic E-state index is 0.0648. The van der Waals surface area contributed by atoms with Crippen molar-refractivity contribution >= 4 is 23.6 Å². The largest absolute Gasteiger partial charge is 0.454 e. The molecule has 33 heavy (non-hydrogen) atoms. The van der Waals surface area contributed by atoms with Crippen LogP contribution in [0.25, 0.3) is 0 Å². The van der Waals surface area contributed by atoms with Crippen LogP contribution in [0, 0.1) is 17.8 Å². The van der Waals surface area contributed by atoms with E-state index in [9.17, 15) is 24.3 Å². The van der Waals surface area contributed by atoms with Gasteiger partial charge in [-0.05, 0) is 37.7 Å². The van der Waals surface area contributed by atoms with E-state index in [1.807, 2.05) is 38.2 Å². The molecule has 7 nitrogen and oxygen atoms in total. The summed E-state index contributed by atoms with van der Waals surface area (Å²) in [5.41, 5.74) is 0.764. The van der Waals surface area contributed by atoms with Crippen molar-refractivity contribution in [1.29, 1.82) is 0 Å². The third-order valence-electron chi connectivity index (χ3n) is 5.88. The van der Waals surface area contributed by atoms with Gasteiger partial charge in [-0.2, -0.15) is 0 Å². The second kappa shape index (κ2) is 13.0. The van der Waals surface area contributed by atoms with E-state index in [1.165, 1.54) is 6.08 Å². The lowest BCUT2D eigenvalue weighted by Crippen LogP contribution is -2.39. The van der Waals surface area contributed by atoms with E-state index in [0.29, 0.717) is 0 Å². The Morgan fingerprint density at radius 2 is 1.85 bits per heavy atom. The van der Waals surface area contributed by atoms with Gasteiger partial charge in [0.15, 0.2) is 0 Å². The molecule has 7 heteroatoms. The zero-order valence-corrected chi connectivity index (χ0v) is 19.7. The molecule has 0 aromatic heterocycles. The van der Waals surface area contributed by atoms with Crippen molar-refractivity contribution in [1.82, 2.24) is 5.32 Å². The molecule has 1 unspecified atom stereocenters. The van der Waals surface area contributed by atoms with Crippen LogP contribution in [-0.4, -0.2) is 40.9 Å². The molecular weight excluding hydrogens is 422 g/mol. The number of aliphatic hydroxyl groups excluding tert-OH is 1. The van der Waals surface area contributed by atoms with E-state index in [1.54, 1.807) is 19.1 Å². The maximum atomic E-state index is 12.7. The molecule has 2 rings (SSSR count). The number of allylic oxidation sites excluding steroid dienone is 5. The van der Waals surface area contributed by atoms with Crippen LogP contribution in [0.2, 0.25) is 0 Å². The molecule has 1 fully saturated rings. The van der Waals surface area contributed by atoms with Gasteiger partial charge in [-0.3, -0.25) is 19.7 Å². The minimum Gasteiger partial charge on any atom is -0.454 e. The van der Waals surface area contributed by atoms with Gasteiger partial charge in [0, 0.05) is 37.2 Å². The monoisotopic (exact) mass is 457 g/mol. The Morgan fingerprint density at radius 3 is 2.55 bits per heavy atom. The predicted molar refractivity (Wildman–Crippen MR) is 125 cm³/mol. The number of cyclic esters (lactones) is 1. The number of amides is 2. The van der Waals surface area contributed by atoms with Crippen molar-refractivity contribution in [2.45, 2.75) is 71.5 Å². The lowest BCUT2D eigenvalue weighted by atomic mass is 9.88. The number of nitrogens with one attached hydrogen (secondary N) is 1. The van der Waals surface area contributed by atoms with Gasteiger partial charge in [0.1, 0.15) is 11.9 Å². The number of aliphatic hydroxyl groups is 1.